The van der Waals surface area contributed by atoms with Crippen LogP contribution in [0.3, 0.4) is 0 Å². The van der Waals surface area contributed by atoms with Gasteiger partial charge in [0.15, 0.2) is 5.82 Å². The molecule has 106 valence electrons. The standard InChI is InChI=1S/C12H21N5O2/c1-4-14-9-6-10(15-7-12(18)13-3)17-11(16-9)8-19-5-2/h6H,4-5,7-8H2,1-3H3,(H,13,18)(H2,14,15,16,17). The maximum absolute atomic E-state index is 11.2. The number of anilines is 2. The zero-order chi connectivity index (χ0) is 14.1. The van der Waals surface area contributed by atoms with E-state index in [-0.39, 0.29) is 12.5 Å². The summed E-state index contributed by atoms with van der Waals surface area (Å²) in [6.07, 6.45) is 0. The Morgan fingerprint density at radius 1 is 1.26 bits per heavy atom. The van der Waals surface area contributed by atoms with Gasteiger partial charge in [-0.25, -0.2) is 9.97 Å². The number of likely N-dealkylation sites (N-methyl/N-ethyl adjacent to an activating group) is 1. The van der Waals surface area contributed by atoms with E-state index in [9.17, 15) is 4.79 Å². The maximum Gasteiger partial charge on any atom is 0.239 e. The molecular weight excluding hydrogens is 246 g/mol. The fourth-order valence-corrected chi connectivity index (χ4v) is 1.38. The smallest absolute Gasteiger partial charge is 0.239 e. The van der Waals surface area contributed by atoms with E-state index in [0.717, 1.165) is 6.54 Å². The third-order valence-corrected chi connectivity index (χ3v) is 2.27. The summed E-state index contributed by atoms with van der Waals surface area (Å²) in [6.45, 7) is 5.80. The second-order valence-electron chi connectivity index (χ2n) is 3.75. The lowest BCUT2D eigenvalue weighted by Gasteiger charge is -2.10. The highest BCUT2D eigenvalue weighted by molar-refractivity contribution is 5.80. The van der Waals surface area contributed by atoms with Gasteiger partial charge < -0.3 is 20.7 Å². The number of hydrogen-bond donors (Lipinski definition) is 3. The number of amides is 1. The van der Waals surface area contributed by atoms with Crippen molar-refractivity contribution in [2.75, 3.05) is 37.4 Å². The minimum absolute atomic E-state index is 0.102. The first-order valence-corrected chi connectivity index (χ1v) is 6.33. The summed E-state index contributed by atoms with van der Waals surface area (Å²) in [5.41, 5.74) is 0. The number of ether oxygens (including phenoxy) is 1. The molecule has 1 rings (SSSR count). The molecular formula is C12H21N5O2. The zero-order valence-electron chi connectivity index (χ0n) is 11.6. The van der Waals surface area contributed by atoms with E-state index < -0.39 is 0 Å². The average Bonchev–Trinajstić information content (AvgIpc) is 2.42. The Bertz CT molecular complexity index is 411. The molecule has 0 aliphatic carbocycles. The maximum atomic E-state index is 11.2. The monoisotopic (exact) mass is 267 g/mol. The fraction of sp³-hybridized carbons (Fsp3) is 0.583. The molecule has 0 atom stereocenters. The highest BCUT2D eigenvalue weighted by atomic mass is 16.5. The molecule has 0 aromatic carbocycles. The largest absolute Gasteiger partial charge is 0.374 e. The van der Waals surface area contributed by atoms with Gasteiger partial charge in [-0.05, 0) is 13.8 Å². The van der Waals surface area contributed by atoms with Crippen LogP contribution in [0.4, 0.5) is 11.6 Å². The molecule has 0 spiro atoms. The van der Waals surface area contributed by atoms with Gasteiger partial charge in [-0.15, -0.1) is 0 Å². The molecule has 0 saturated heterocycles. The van der Waals surface area contributed by atoms with Crippen LogP contribution in [0.25, 0.3) is 0 Å². The van der Waals surface area contributed by atoms with Crippen molar-refractivity contribution < 1.29 is 9.53 Å². The average molecular weight is 267 g/mol. The number of carbonyl (C=O) groups excluding carboxylic acids is 1. The second-order valence-corrected chi connectivity index (χ2v) is 3.75. The number of carbonyl (C=O) groups is 1. The second kappa shape index (κ2) is 8.25. The van der Waals surface area contributed by atoms with Crippen molar-refractivity contribution in [1.29, 1.82) is 0 Å². The predicted molar refractivity (Wildman–Crippen MR) is 74.1 cm³/mol. The van der Waals surface area contributed by atoms with Gasteiger partial charge in [0.05, 0.1) is 6.54 Å². The van der Waals surface area contributed by atoms with Gasteiger partial charge in [0.25, 0.3) is 0 Å². The number of aromatic nitrogens is 2. The van der Waals surface area contributed by atoms with Crippen molar-refractivity contribution in [3.05, 3.63) is 11.9 Å². The Hall–Kier alpha value is -1.89. The number of nitrogens with zero attached hydrogens (tertiary/aromatic N) is 2. The van der Waals surface area contributed by atoms with Crippen LogP contribution in [0.15, 0.2) is 6.07 Å². The molecule has 0 aliphatic heterocycles. The Balaban J connectivity index is 2.76. The number of hydrogen-bond acceptors (Lipinski definition) is 6. The van der Waals surface area contributed by atoms with Crippen molar-refractivity contribution in [3.63, 3.8) is 0 Å². The molecule has 7 heteroatoms. The van der Waals surface area contributed by atoms with Gasteiger partial charge in [0.2, 0.25) is 5.91 Å². The summed E-state index contributed by atoms with van der Waals surface area (Å²) >= 11 is 0. The molecule has 0 bridgehead atoms. The van der Waals surface area contributed by atoms with Gasteiger partial charge in [0, 0.05) is 26.3 Å². The molecule has 1 aromatic rings. The van der Waals surface area contributed by atoms with Gasteiger partial charge in [-0.2, -0.15) is 0 Å². The SMILES string of the molecule is CCNc1cc(NCC(=O)NC)nc(COCC)n1. The van der Waals surface area contributed by atoms with Crippen LogP contribution in [0.5, 0.6) is 0 Å². The van der Waals surface area contributed by atoms with Gasteiger partial charge in [-0.1, -0.05) is 0 Å². The van der Waals surface area contributed by atoms with Crippen molar-refractivity contribution in [2.45, 2.75) is 20.5 Å². The molecule has 0 fully saturated rings. The molecule has 0 aliphatic rings. The van der Waals surface area contributed by atoms with Crippen molar-refractivity contribution in [2.24, 2.45) is 0 Å². The fourth-order valence-electron chi connectivity index (χ4n) is 1.38. The van der Waals surface area contributed by atoms with Crippen molar-refractivity contribution in [3.8, 4) is 0 Å². The van der Waals surface area contributed by atoms with E-state index in [2.05, 4.69) is 25.9 Å². The van der Waals surface area contributed by atoms with Crippen LogP contribution < -0.4 is 16.0 Å². The van der Waals surface area contributed by atoms with E-state index in [4.69, 9.17) is 4.74 Å². The summed E-state index contributed by atoms with van der Waals surface area (Å²) < 4.78 is 5.29. The van der Waals surface area contributed by atoms with E-state index >= 15 is 0 Å². The summed E-state index contributed by atoms with van der Waals surface area (Å²) in [5.74, 6) is 1.80. The lowest BCUT2D eigenvalue weighted by Crippen LogP contribution is -2.26. The molecule has 1 amide bonds. The van der Waals surface area contributed by atoms with Crippen LogP contribution in [-0.2, 0) is 16.1 Å². The third-order valence-electron chi connectivity index (χ3n) is 2.27. The van der Waals surface area contributed by atoms with Crippen LogP contribution in [-0.4, -0.2) is 42.6 Å². The Morgan fingerprint density at radius 2 is 1.95 bits per heavy atom. The van der Waals surface area contributed by atoms with Crippen molar-refractivity contribution >= 4 is 17.5 Å². The lowest BCUT2D eigenvalue weighted by molar-refractivity contribution is -0.118. The van der Waals surface area contributed by atoms with Gasteiger partial charge in [0.1, 0.15) is 18.2 Å². The molecule has 0 saturated carbocycles. The molecule has 0 radical (unpaired) electrons. The summed E-state index contributed by atoms with van der Waals surface area (Å²) in [4.78, 5) is 19.8. The molecule has 7 nitrogen and oxygen atoms in total. The van der Waals surface area contributed by atoms with E-state index in [1.54, 1.807) is 13.1 Å². The summed E-state index contributed by atoms with van der Waals surface area (Å²) in [7, 11) is 1.59. The summed E-state index contributed by atoms with van der Waals surface area (Å²) in [6, 6.07) is 1.77. The van der Waals surface area contributed by atoms with Crippen LogP contribution in [0.2, 0.25) is 0 Å². The molecule has 19 heavy (non-hydrogen) atoms. The summed E-state index contributed by atoms with van der Waals surface area (Å²) in [5, 5.41) is 8.61. The van der Waals surface area contributed by atoms with E-state index in [1.165, 1.54) is 0 Å². The Kier molecular flexibility index (Phi) is 6.59. The third kappa shape index (κ3) is 5.52. The first-order valence-electron chi connectivity index (χ1n) is 6.33. The number of nitrogens with one attached hydrogen (secondary N) is 3. The van der Waals surface area contributed by atoms with Crippen LogP contribution >= 0.6 is 0 Å². The normalized spacial score (nSPS) is 10.1. The highest BCUT2D eigenvalue weighted by Gasteiger charge is 2.05. The Labute approximate surface area is 113 Å². The van der Waals surface area contributed by atoms with E-state index in [0.29, 0.717) is 30.7 Å². The first-order chi connectivity index (χ1) is 9.19. The van der Waals surface area contributed by atoms with Gasteiger partial charge in [-0.3, -0.25) is 4.79 Å². The first kappa shape index (κ1) is 15.2. The lowest BCUT2D eigenvalue weighted by atomic mass is 10.4. The number of rotatable bonds is 8. The Morgan fingerprint density at radius 3 is 2.53 bits per heavy atom. The minimum Gasteiger partial charge on any atom is -0.374 e. The molecule has 1 heterocycles. The molecule has 1 aromatic heterocycles. The predicted octanol–water partition coefficient (Wildman–Crippen LogP) is 0.603. The zero-order valence-corrected chi connectivity index (χ0v) is 11.6. The van der Waals surface area contributed by atoms with Crippen molar-refractivity contribution in [1.82, 2.24) is 15.3 Å². The van der Waals surface area contributed by atoms with Gasteiger partial charge >= 0.3 is 0 Å². The molecule has 0 unspecified atom stereocenters. The van der Waals surface area contributed by atoms with Crippen LogP contribution in [0.1, 0.15) is 19.7 Å². The highest BCUT2D eigenvalue weighted by Crippen LogP contribution is 2.11. The minimum atomic E-state index is -0.102. The quantitative estimate of drug-likeness (QED) is 0.639. The van der Waals surface area contributed by atoms with Crippen LogP contribution in [0, 0.1) is 0 Å². The van der Waals surface area contributed by atoms with E-state index in [1.807, 2.05) is 13.8 Å². The molecule has 3 N–H and O–H groups in total. The topological polar surface area (TPSA) is 88.2 Å².